The number of amides is 2. The SMILES string of the molecule is C1CNCCN1.ClCc1ccccc1.NCc1ccccc1O.O=C(CCl)NCc1ccccc1O.O=C(CN1CCN(Cc2ccccc2)CC1)NCc1ccccc1O.O=C(Cl)CCl.O=CO[O-].[H-].[K+].[K+].c1ccc(CN2CCNCC2)cc1. The van der Waals surface area contributed by atoms with Gasteiger partial charge in [0.25, 0.3) is 6.47 Å². The van der Waals surface area contributed by atoms with E-state index in [1.165, 1.54) is 29.8 Å². The molecule has 454 valence electrons. The number of alkyl halides is 3. The predicted molar refractivity (Wildman–Crippen MR) is 331 cm³/mol. The van der Waals surface area contributed by atoms with Crippen molar-refractivity contribution in [2.75, 3.05) is 96.8 Å². The fraction of sp³-hybridized carbons (Fsp3) is 0.344. The first-order valence-electron chi connectivity index (χ1n) is 26.9. The molecule has 24 heteroatoms. The summed E-state index contributed by atoms with van der Waals surface area (Å²) in [6.45, 7) is 16.3. The van der Waals surface area contributed by atoms with E-state index in [2.05, 4.69) is 101 Å². The first-order chi connectivity index (χ1) is 40.3. The molecule has 0 spiro atoms. The third kappa shape index (κ3) is 42.5. The van der Waals surface area contributed by atoms with Crippen LogP contribution in [0, 0.1) is 0 Å². The predicted octanol–water partition coefficient (Wildman–Crippen LogP) is 0.167. The van der Waals surface area contributed by atoms with Gasteiger partial charge >= 0.3 is 103 Å². The molecule has 3 saturated heterocycles. The van der Waals surface area contributed by atoms with Crippen LogP contribution < -0.4 is 140 Å². The number of benzene rings is 6. The molecule has 3 fully saturated rings. The van der Waals surface area contributed by atoms with Crippen LogP contribution in [0.1, 0.15) is 34.8 Å². The van der Waals surface area contributed by atoms with Crippen molar-refractivity contribution in [1.29, 1.82) is 0 Å². The Morgan fingerprint density at radius 1 is 0.518 bits per heavy atom. The number of piperazine rings is 3. The molecule has 0 atom stereocenters. The molecule has 85 heavy (non-hydrogen) atoms. The molecule has 3 heterocycles. The fourth-order valence-electron chi connectivity index (χ4n) is 7.53. The molecule has 0 radical (unpaired) electrons. The molecule has 6 aromatic carbocycles. The molecular weight excluding hydrogens is 1220 g/mol. The number of nitrogens with one attached hydrogen (secondary N) is 5. The summed E-state index contributed by atoms with van der Waals surface area (Å²) < 4.78 is 0. The maximum absolute atomic E-state index is 12.1. The number of aromatic hydroxyl groups is 3. The first kappa shape index (κ1) is 81.9. The molecule has 10 N–H and O–H groups in total. The third-order valence-corrected chi connectivity index (χ3v) is 13.0. The maximum Gasteiger partial charge on any atom is 1.00 e. The zero-order chi connectivity index (χ0) is 60.6. The van der Waals surface area contributed by atoms with Crippen LogP contribution >= 0.6 is 46.4 Å². The molecule has 0 unspecified atom stereocenters. The second kappa shape index (κ2) is 55.0. The molecule has 0 bridgehead atoms. The van der Waals surface area contributed by atoms with Gasteiger partial charge in [-0.05, 0) is 46.5 Å². The van der Waals surface area contributed by atoms with Crippen molar-refractivity contribution in [3.8, 4) is 17.2 Å². The molecule has 3 aliphatic rings. The second-order valence-electron chi connectivity index (χ2n) is 18.1. The van der Waals surface area contributed by atoms with Crippen LogP contribution in [-0.2, 0) is 62.7 Å². The summed E-state index contributed by atoms with van der Waals surface area (Å²) in [5.41, 5.74) is 11.4. The molecule has 0 aromatic heterocycles. The van der Waals surface area contributed by atoms with E-state index in [9.17, 15) is 24.6 Å². The van der Waals surface area contributed by atoms with E-state index in [0.29, 0.717) is 37.6 Å². The summed E-state index contributed by atoms with van der Waals surface area (Å²) in [6, 6.07) is 52.1. The van der Waals surface area contributed by atoms with Crippen molar-refractivity contribution >= 4 is 69.9 Å². The summed E-state index contributed by atoms with van der Waals surface area (Å²) in [6.07, 6.45) is 0. The van der Waals surface area contributed by atoms with E-state index in [4.69, 9.17) is 67.3 Å². The van der Waals surface area contributed by atoms with E-state index in [0.717, 1.165) is 89.7 Å². The van der Waals surface area contributed by atoms with Gasteiger partial charge < -0.3 is 59.2 Å². The van der Waals surface area contributed by atoms with Crippen LogP contribution in [0.25, 0.3) is 0 Å². The molecule has 9 rings (SSSR count). The zero-order valence-electron chi connectivity index (χ0n) is 49.7. The molecule has 2 amide bonds. The second-order valence-corrected chi connectivity index (χ2v) is 19.4. The Balaban J connectivity index is 0. The molecule has 3 aliphatic heterocycles. The number of phenolic OH excluding ortho intramolecular Hbond substituents is 3. The summed E-state index contributed by atoms with van der Waals surface area (Å²) in [7, 11) is 0. The van der Waals surface area contributed by atoms with Crippen molar-refractivity contribution in [2.24, 2.45) is 5.73 Å². The number of para-hydroxylation sites is 3. The van der Waals surface area contributed by atoms with E-state index in [1.54, 1.807) is 54.6 Å². The van der Waals surface area contributed by atoms with Gasteiger partial charge in [-0.3, -0.25) is 33.9 Å². The number of hydrogen-bond donors (Lipinski definition) is 9. The molecule has 6 aromatic rings. The van der Waals surface area contributed by atoms with Gasteiger partial charge in [-0.1, -0.05) is 146 Å². The Morgan fingerprint density at radius 2 is 0.847 bits per heavy atom. The van der Waals surface area contributed by atoms with E-state index in [-0.39, 0.29) is 151 Å². The van der Waals surface area contributed by atoms with Gasteiger partial charge in [-0.15, -0.1) is 34.8 Å². The Labute approximate surface area is 608 Å². The van der Waals surface area contributed by atoms with Gasteiger partial charge in [0.15, 0.2) is 0 Å². The van der Waals surface area contributed by atoms with Gasteiger partial charge in [0.2, 0.25) is 17.1 Å². The average molecular weight is 1300 g/mol. The van der Waals surface area contributed by atoms with Crippen LogP contribution in [0.4, 0.5) is 0 Å². The standard InChI is InChI=1S/C20H25N3O2.C11H16N2.C9H10ClNO2.C7H7Cl.C7H9NO.C4H10N2.C2H2Cl2O.CH2O3.2K.H/c24-19-9-5-4-8-18(19)14-21-20(25)16-23-12-10-22(11-13-23)15-17-6-2-1-3-7-17;1-2-4-11(5-3-1)10-13-8-6-12-7-9-13;10-5-9(13)11-6-7-3-1-2-4-8(7)12;8-6-7-4-2-1-3-5-7;8-5-6-3-1-2-4-7(6)9;1-2-6-4-3-5-1;3-1-2(4)5;2-1-4-3;;;/h1-9,24H,10-16H2,(H,21,25);1-5,12H,6-10H2;1-4,12H,5-6H2,(H,11,13);1-5H,6H2;1-4,9H,5,8H2;5-6H,1-4H2;1H2;1,3H;;;/q;;;;;;;;2*+1;-1/p-1. The van der Waals surface area contributed by atoms with E-state index in [1.807, 2.05) is 54.6 Å². The average Bonchev–Trinajstić information content (AvgIpc) is 3.65. The largest absolute Gasteiger partial charge is 1.00 e. The number of carbonyl (C=O) groups is 4. The number of phenols is 3. The number of nitrogens with two attached hydrogens (primary N) is 1. The van der Waals surface area contributed by atoms with Crippen LogP contribution in [0.3, 0.4) is 0 Å². The topological polar surface area (TPSA) is 257 Å². The number of rotatable bonds is 15. The minimum atomic E-state index is -0.508. The van der Waals surface area contributed by atoms with Crippen LogP contribution in [-0.4, -0.2) is 150 Å². The van der Waals surface area contributed by atoms with Gasteiger partial charge in [-0.25, -0.2) is 0 Å². The van der Waals surface area contributed by atoms with Crippen molar-refractivity contribution in [1.82, 2.24) is 41.3 Å². The summed E-state index contributed by atoms with van der Waals surface area (Å²) in [5.74, 6) is 0.884. The van der Waals surface area contributed by atoms with Crippen molar-refractivity contribution < 1.29 is 149 Å². The smallest absolute Gasteiger partial charge is 1.00 e. The van der Waals surface area contributed by atoms with Crippen molar-refractivity contribution in [3.63, 3.8) is 0 Å². The van der Waals surface area contributed by atoms with E-state index >= 15 is 0 Å². The summed E-state index contributed by atoms with van der Waals surface area (Å²) >= 11 is 20.4. The van der Waals surface area contributed by atoms with Gasteiger partial charge in [0, 0.05) is 134 Å². The molecule has 0 saturated carbocycles. The quantitative estimate of drug-likeness (QED) is 0.0166. The van der Waals surface area contributed by atoms with Crippen molar-refractivity contribution in [2.45, 2.75) is 38.6 Å². The van der Waals surface area contributed by atoms with Gasteiger partial charge in [0.05, 0.1) is 12.4 Å². The summed E-state index contributed by atoms with van der Waals surface area (Å²) in [5, 5.41) is 51.2. The van der Waals surface area contributed by atoms with E-state index < -0.39 is 5.24 Å². The maximum atomic E-state index is 12.1. The molecule has 18 nitrogen and oxygen atoms in total. The zero-order valence-corrected chi connectivity index (χ0v) is 58.0. The van der Waals surface area contributed by atoms with Crippen LogP contribution in [0.5, 0.6) is 17.2 Å². The van der Waals surface area contributed by atoms with Crippen LogP contribution in [0.15, 0.2) is 164 Å². The fourth-order valence-corrected chi connectivity index (χ4v) is 7.80. The monoisotopic (exact) mass is 1300 g/mol. The third-order valence-electron chi connectivity index (χ3n) is 11.9. The van der Waals surface area contributed by atoms with Gasteiger partial charge in [0.1, 0.15) is 23.1 Å². The van der Waals surface area contributed by atoms with Crippen LogP contribution in [0.2, 0.25) is 0 Å². The summed E-state index contributed by atoms with van der Waals surface area (Å²) in [4.78, 5) is 50.7. The number of halogens is 4. The Hall–Kier alpha value is -3.09. The van der Waals surface area contributed by atoms with Gasteiger partial charge in [-0.2, -0.15) is 0 Å². The normalized spacial score (nSPS) is 13.2. The minimum absolute atomic E-state index is 0. The number of carbonyl (C=O) groups excluding carboxylic acids is 4. The Kier molecular flexibility index (Phi) is 53.0. The first-order valence-corrected chi connectivity index (χ1v) is 28.9. The molecule has 0 aliphatic carbocycles. The number of hydrogen-bond acceptors (Lipinski definition) is 16. The Morgan fingerprint density at radius 3 is 1.16 bits per heavy atom. The molecular formula is C61H81Cl4K2N9O9. The minimum Gasteiger partial charge on any atom is -1.00 e. The van der Waals surface area contributed by atoms with Crippen molar-refractivity contribution in [3.05, 3.63) is 197 Å². The number of nitrogens with zero attached hydrogens (tertiary/aromatic N) is 3. The Bertz CT molecular complexity index is 2620.